The molecule has 0 amide bonds. The number of nitrogens with zero attached hydrogens (tertiary/aromatic N) is 2. The smallest absolute Gasteiger partial charge is 0.382 e. The lowest BCUT2D eigenvalue weighted by molar-refractivity contribution is -0.137. The van der Waals surface area contributed by atoms with Crippen molar-refractivity contribution in [3.63, 3.8) is 0 Å². The van der Waals surface area contributed by atoms with Gasteiger partial charge < -0.3 is 16.2 Å². The van der Waals surface area contributed by atoms with Crippen molar-refractivity contribution in [2.24, 2.45) is 0 Å². The molecule has 5 nitrogen and oxygen atoms in total. The Morgan fingerprint density at radius 2 is 1.78 bits per heavy atom. The number of benzene rings is 1. The number of fused-ring (bicyclic) bond motifs is 1. The zero-order chi connectivity index (χ0) is 16.6. The van der Waals surface area contributed by atoms with E-state index in [1.54, 1.807) is 24.3 Å². The molecule has 1 atom stereocenters. The third-order valence-corrected chi connectivity index (χ3v) is 3.36. The molecule has 0 saturated heterocycles. The SMILES string of the molecule is Nc1ccc2ccc(C(O)Nc3ccccc3C(F)(F)F)n2n1. The molecule has 1 unspecified atom stereocenters. The Morgan fingerprint density at radius 1 is 1.09 bits per heavy atom. The summed E-state index contributed by atoms with van der Waals surface area (Å²) in [4.78, 5) is 0. The molecule has 2 aromatic heterocycles. The van der Waals surface area contributed by atoms with E-state index in [4.69, 9.17) is 5.73 Å². The Morgan fingerprint density at radius 3 is 2.52 bits per heavy atom. The quantitative estimate of drug-likeness (QED) is 0.648. The van der Waals surface area contributed by atoms with Gasteiger partial charge in [-0.15, -0.1) is 0 Å². The fraction of sp³-hybridized carbons (Fsp3) is 0.133. The lowest BCUT2D eigenvalue weighted by Crippen LogP contribution is -2.17. The van der Waals surface area contributed by atoms with Gasteiger partial charge in [-0.25, -0.2) is 4.52 Å². The number of nitrogens with one attached hydrogen (secondary N) is 1. The van der Waals surface area contributed by atoms with Crippen molar-refractivity contribution in [3.05, 3.63) is 59.8 Å². The molecule has 23 heavy (non-hydrogen) atoms. The Hall–Kier alpha value is -2.74. The molecule has 0 aliphatic carbocycles. The molecule has 3 aromatic rings. The minimum Gasteiger partial charge on any atom is -0.382 e. The summed E-state index contributed by atoms with van der Waals surface area (Å²) in [6.07, 6.45) is -5.90. The summed E-state index contributed by atoms with van der Waals surface area (Å²) in [5.74, 6) is 0.234. The van der Waals surface area contributed by atoms with Crippen LogP contribution in [0.25, 0.3) is 5.52 Å². The van der Waals surface area contributed by atoms with Crippen molar-refractivity contribution in [2.45, 2.75) is 12.4 Å². The van der Waals surface area contributed by atoms with E-state index in [9.17, 15) is 18.3 Å². The average molecular weight is 322 g/mol. The molecule has 0 spiro atoms. The number of anilines is 2. The predicted octanol–water partition coefficient (Wildman–Crippen LogP) is 3.04. The second kappa shape index (κ2) is 5.47. The summed E-state index contributed by atoms with van der Waals surface area (Å²) in [6, 6.07) is 11.5. The van der Waals surface area contributed by atoms with Crippen LogP contribution in [0.15, 0.2) is 48.5 Å². The summed E-state index contributed by atoms with van der Waals surface area (Å²) in [6.45, 7) is 0. The van der Waals surface area contributed by atoms with Gasteiger partial charge in [0.25, 0.3) is 0 Å². The van der Waals surface area contributed by atoms with Crippen LogP contribution < -0.4 is 11.1 Å². The van der Waals surface area contributed by atoms with Crippen molar-refractivity contribution >= 4 is 17.0 Å². The van der Waals surface area contributed by atoms with Crippen LogP contribution in [0.3, 0.4) is 0 Å². The molecule has 0 radical (unpaired) electrons. The van der Waals surface area contributed by atoms with Crippen molar-refractivity contribution in [3.8, 4) is 0 Å². The first-order valence-corrected chi connectivity index (χ1v) is 6.71. The van der Waals surface area contributed by atoms with Crippen molar-refractivity contribution in [1.29, 1.82) is 0 Å². The maximum absolute atomic E-state index is 13.0. The van der Waals surface area contributed by atoms with E-state index in [1.165, 1.54) is 22.7 Å². The number of halogens is 3. The van der Waals surface area contributed by atoms with Gasteiger partial charge in [-0.05, 0) is 36.4 Å². The van der Waals surface area contributed by atoms with Crippen LogP contribution in [-0.4, -0.2) is 14.7 Å². The summed E-state index contributed by atoms with van der Waals surface area (Å²) in [7, 11) is 0. The van der Waals surface area contributed by atoms with Gasteiger partial charge in [0.15, 0.2) is 6.23 Å². The number of hydrogen-bond acceptors (Lipinski definition) is 4. The van der Waals surface area contributed by atoms with Gasteiger partial charge in [0.1, 0.15) is 5.82 Å². The Labute approximate surface area is 129 Å². The van der Waals surface area contributed by atoms with E-state index >= 15 is 0 Å². The van der Waals surface area contributed by atoms with E-state index in [-0.39, 0.29) is 17.2 Å². The molecule has 0 aliphatic rings. The average Bonchev–Trinajstić information content (AvgIpc) is 2.89. The van der Waals surface area contributed by atoms with Gasteiger partial charge >= 0.3 is 6.18 Å². The van der Waals surface area contributed by atoms with Gasteiger partial charge in [-0.1, -0.05) is 12.1 Å². The van der Waals surface area contributed by atoms with E-state index in [2.05, 4.69) is 10.4 Å². The maximum Gasteiger partial charge on any atom is 0.418 e. The number of para-hydroxylation sites is 1. The molecule has 4 N–H and O–H groups in total. The number of rotatable bonds is 3. The van der Waals surface area contributed by atoms with E-state index in [1.807, 2.05) is 0 Å². The second-order valence-electron chi connectivity index (χ2n) is 4.94. The molecule has 8 heteroatoms. The van der Waals surface area contributed by atoms with E-state index in [0.717, 1.165) is 6.07 Å². The first-order valence-electron chi connectivity index (χ1n) is 6.71. The third kappa shape index (κ3) is 2.93. The van der Waals surface area contributed by atoms with Crippen LogP contribution in [0.4, 0.5) is 24.7 Å². The molecular weight excluding hydrogens is 309 g/mol. The van der Waals surface area contributed by atoms with Gasteiger partial charge in [-0.2, -0.15) is 18.3 Å². The minimum atomic E-state index is -4.52. The van der Waals surface area contributed by atoms with Crippen molar-refractivity contribution < 1.29 is 18.3 Å². The number of aliphatic hydroxyl groups is 1. The topological polar surface area (TPSA) is 75.6 Å². The second-order valence-corrected chi connectivity index (χ2v) is 4.94. The molecule has 120 valence electrons. The van der Waals surface area contributed by atoms with Gasteiger partial charge in [0.2, 0.25) is 0 Å². The Balaban J connectivity index is 1.96. The van der Waals surface area contributed by atoms with Crippen LogP contribution in [0.2, 0.25) is 0 Å². The van der Waals surface area contributed by atoms with Crippen LogP contribution >= 0.6 is 0 Å². The fourth-order valence-electron chi connectivity index (χ4n) is 2.31. The number of nitrogens with two attached hydrogens (primary N) is 1. The highest BCUT2D eigenvalue weighted by atomic mass is 19.4. The standard InChI is InChI=1S/C15H13F3N4O/c16-15(17,18)10-3-1-2-4-11(10)20-14(23)12-7-5-9-6-8-13(19)21-22(9)12/h1-8,14,20,23H,(H2,19,21). The van der Waals surface area contributed by atoms with Crippen molar-refractivity contribution in [2.75, 3.05) is 11.1 Å². The number of aromatic nitrogens is 2. The molecule has 0 bridgehead atoms. The van der Waals surface area contributed by atoms with Crippen molar-refractivity contribution in [1.82, 2.24) is 9.61 Å². The van der Waals surface area contributed by atoms with Crippen LogP contribution in [0.1, 0.15) is 17.5 Å². The largest absolute Gasteiger partial charge is 0.418 e. The van der Waals surface area contributed by atoms with Crippen LogP contribution in [-0.2, 0) is 6.18 Å². The van der Waals surface area contributed by atoms with Gasteiger partial charge in [0, 0.05) is 5.69 Å². The lowest BCUT2D eigenvalue weighted by Gasteiger charge is -2.18. The maximum atomic E-state index is 13.0. The normalized spacial score (nSPS) is 13.2. The van der Waals surface area contributed by atoms with Crippen LogP contribution in [0.5, 0.6) is 0 Å². The number of hydrogen-bond donors (Lipinski definition) is 3. The first kappa shape index (κ1) is 15.2. The fourth-order valence-corrected chi connectivity index (χ4v) is 2.31. The number of alkyl halides is 3. The zero-order valence-electron chi connectivity index (χ0n) is 11.7. The van der Waals surface area contributed by atoms with Crippen LogP contribution in [0, 0.1) is 0 Å². The molecule has 3 rings (SSSR count). The van der Waals surface area contributed by atoms with Gasteiger partial charge in [-0.3, -0.25) is 0 Å². The minimum absolute atomic E-state index is 0.216. The number of nitrogen functional groups attached to an aromatic ring is 1. The predicted molar refractivity (Wildman–Crippen MR) is 79.6 cm³/mol. The number of aliphatic hydroxyl groups excluding tert-OH is 1. The summed E-state index contributed by atoms with van der Waals surface area (Å²) < 4.78 is 40.4. The Kier molecular flexibility index (Phi) is 3.61. The lowest BCUT2D eigenvalue weighted by atomic mass is 10.1. The highest BCUT2D eigenvalue weighted by Crippen LogP contribution is 2.35. The summed E-state index contributed by atoms with van der Waals surface area (Å²) in [5, 5.41) is 16.8. The molecule has 0 aliphatic heterocycles. The van der Waals surface area contributed by atoms with E-state index in [0.29, 0.717) is 5.52 Å². The third-order valence-electron chi connectivity index (χ3n) is 3.36. The van der Waals surface area contributed by atoms with E-state index < -0.39 is 18.0 Å². The highest BCUT2D eigenvalue weighted by molar-refractivity contribution is 5.55. The highest BCUT2D eigenvalue weighted by Gasteiger charge is 2.33. The molecular formula is C15H13F3N4O. The van der Waals surface area contributed by atoms with Gasteiger partial charge in [0.05, 0.1) is 16.8 Å². The molecule has 2 heterocycles. The molecule has 0 fully saturated rings. The Bertz CT molecular complexity index is 844. The zero-order valence-corrected chi connectivity index (χ0v) is 11.7. The molecule has 1 aromatic carbocycles. The first-order chi connectivity index (χ1) is 10.9. The monoisotopic (exact) mass is 322 g/mol. The summed E-state index contributed by atoms with van der Waals surface area (Å²) >= 11 is 0. The molecule has 0 saturated carbocycles. The summed E-state index contributed by atoms with van der Waals surface area (Å²) in [5.41, 5.74) is 5.48.